The molecule has 0 bridgehead atoms. The molecule has 1 saturated carbocycles. The van der Waals surface area contributed by atoms with Crippen molar-refractivity contribution in [1.29, 1.82) is 0 Å². The largest absolute Gasteiger partial charge is 0.454 e. The fourth-order valence-corrected chi connectivity index (χ4v) is 3.22. The van der Waals surface area contributed by atoms with Gasteiger partial charge in [0.2, 0.25) is 6.79 Å². The molecule has 0 unspecified atom stereocenters. The first-order valence-electron chi connectivity index (χ1n) is 8.68. The van der Waals surface area contributed by atoms with E-state index < -0.39 is 0 Å². The van der Waals surface area contributed by atoms with Crippen LogP contribution < -0.4 is 20.1 Å². The number of fused-ring (bicyclic) bond motifs is 1. The van der Waals surface area contributed by atoms with Gasteiger partial charge in [-0.2, -0.15) is 0 Å². The summed E-state index contributed by atoms with van der Waals surface area (Å²) in [5, 5.41) is 6.85. The molecule has 2 N–H and O–H groups in total. The van der Waals surface area contributed by atoms with Gasteiger partial charge in [0, 0.05) is 25.6 Å². The smallest absolute Gasteiger partial charge is 0.231 e. The number of rotatable bonds is 5. The molecule has 0 amide bonds. The molecule has 6 heteroatoms. The molecular formula is C20H24IN3O2. The first-order chi connectivity index (χ1) is 12.3. The molecule has 0 saturated heterocycles. The lowest BCUT2D eigenvalue weighted by molar-refractivity contribution is 0.174. The quantitative estimate of drug-likeness (QED) is 0.404. The van der Waals surface area contributed by atoms with Crippen molar-refractivity contribution >= 4 is 29.9 Å². The molecular weight excluding hydrogens is 441 g/mol. The molecule has 0 atom stereocenters. The van der Waals surface area contributed by atoms with E-state index in [1.54, 1.807) is 7.05 Å². The van der Waals surface area contributed by atoms with Crippen LogP contribution in [0.15, 0.2) is 53.5 Å². The van der Waals surface area contributed by atoms with Crippen molar-refractivity contribution in [3.8, 4) is 11.5 Å². The molecule has 0 spiro atoms. The molecule has 5 nitrogen and oxygen atoms in total. The molecule has 26 heavy (non-hydrogen) atoms. The lowest BCUT2D eigenvalue weighted by Gasteiger charge is -2.19. The maximum absolute atomic E-state index is 5.43. The third-order valence-electron chi connectivity index (χ3n) is 4.95. The number of aliphatic imine (C=N–C) groups is 1. The van der Waals surface area contributed by atoms with E-state index in [2.05, 4.69) is 46.0 Å². The summed E-state index contributed by atoms with van der Waals surface area (Å²) in [5.74, 6) is 2.44. The molecule has 138 valence electrons. The maximum Gasteiger partial charge on any atom is 0.231 e. The summed E-state index contributed by atoms with van der Waals surface area (Å²) in [6.45, 7) is 1.89. The minimum absolute atomic E-state index is 0. The lowest BCUT2D eigenvalue weighted by Crippen LogP contribution is -2.40. The van der Waals surface area contributed by atoms with Gasteiger partial charge in [-0.15, -0.1) is 24.0 Å². The molecule has 0 aromatic heterocycles. The first-order valence-corrected chi connectivity index (χ1v) is 8.68. The van der Waals surface area contributed by atoms with Crippen molar-refractivity contribution < 1.29 is 9.47 Å². The van der Waals surface area contributed by atoms with Gasteiger partial charge in [0.25, 0.3) is 0 Å². The van der Waals surface area contributed by atoms with Gasteiger partial charge in [0.1, 0.15) is 0 Å². The van der Waals surface area contributed by atoms with Crippen LogP contribution >= 0.6 is 24.0 Å². The van der Waals surface area contributed by atoms with E-state index in [1.165, 1.54) is 18.4 Å². The van der Waals surface area contributed by atoms with E-state index in [9.17, 15) is 0 Å². The third-order valence-corrected chi connectivity index (χ3v) is 4.95. The highest BCUT2D eigenvalue weighted by Gasteiger charge is 2.43. The average Bonchev–Trinajstić information content (AvgIpc) is 3.31. The van der Waals surface area contributed by atoms with Gasteiger partial charge < -0.3 is 20.1 Å². The number of nitrogens with zero attached hydrogens (tertiary/aromatic N) is 1. The normalized spacial score (nSPS) is 16.6. The fraction of sp³-hybridized carbons (Fsp3) is 0.350. The monoisotopic (exact) mass is 465 g/mol. The highest BCUT2D eigenvalue weighted by molar-refractivity contribution is 14.0. The van der Waals surface area contributed by atoms with Gasteiger partial charge in [0.05, 0.1) is 0 Å². The van der Waals surface area contributed by atoms with Crippen LogP contribution in [0.4, 0.5) is 0 Å². The van der Waals surface area contributed by atoms with Crippen molar-refractivity contribution in [2.75, 3.05) is 20.4 Å². The van der Waals surface area contributed by atoms with Crippen molar-refractivity contribution in [3.63, 3.8) is 0 Å². The van der Waals surface area contributed by atoms with Crippen LogP contribution in [0.5, 0.6) is 11.5 Å². The Kier molecular flexibility index (Phi) is 5.90. The Bertz CT molecular complexity index is 776. The van der Waals surface area contributed by atoms with Crippen LogP contribution in [0.25, 0.3) is 0 Å². The highest BCUT2D eigenvalue weighted by Crippen LogP contribution is 2.47. The van der Waals surface area contributed by atoms with E-state index in [0.717, 1.165) is 29.6 Å². The second-order valence-electron chi connectivity index (χ2n) is 6.61. The van der Waals surface area contributed by atoms with Crippen molar-refractivity contribution in [1.82, 2.24) is 10.6 Å². The summed E-state index contributed by atoms with van der Waals surface area (Å²) in [6.07, 6.45) is 2.45. The Hall–Kier alpha value is -1.96. The Balaban J connectivity index is 0.00000196. The van der Waals surface area contributed by atoms with Gasteiger partial charge in [-0.05, 0) is 36.1 Å². The second kappa shape index (κ2) is 8.16. The number of ether oxygens (including phenoxy) is 2. The van der Waals surface area contributed by atoms with Crippen molar-refractivity contribution in [2.45, 2.75) is 24.8 Å². The summed E-state index contributed by atoms with van der Waals surface area (Å²) in [6, 6.07) is 16.7. The zero-order valence-corrected chi connectivity index (χ0v) is 17.2. The summed E-state index contributed by atoms with van der Waals surface area (Å²) in [5.41, 5.74) is 2.81. The van der Waals surface area contributed by atoms with E-state index >= 15 is 0 Å². The van der Waals surface area contributed by atoms with E-state index in [1.807, 2.05) is 18.2 Å². The molecule has 2 aromatic rings. The van der Waals surface area contributed by atoms with Crippen LogP contribution in [0.3, 0.4) is 0 Å². The number of benzene rings is 2. The number of hydrogen-bond acceptors (Lipinski definition) is 3. The van der Waals surface area contributed by atoms with Crippen LogP contribution in [-0.2, 0) is 12.0 Å². The fourth-order valence-electron chi connectivity index (χ4n) is 3.22. The van der Waals surface area contributed by atoms with E-state index in [-0.39, 0.29) is 29.4 Å². The molecule has 1 fully saturated rings. The molecule has 0 radical (unpaired) electrons. The van der Waals surface area contributed by atoms with Crippen LogP contribution in [0.2, 0.25) is 0 Å². The Morgan fingerprint density at radius 1 is 1.04 bits per heavy atom. The number of hydrogen-bond donors (Lipinski definition) is 2. The van der Waals surface area contributed by atoms with Gasteiger partial charge in [-0.3, -0.25) is 4.99 Å². The topological polar surface area (TPSA) is 54.9 Å². The standard InChI is InChI=1S/C20H23N3O2.HI/c1-21-19(22-12-15-7-8-17-18(11-15)25-14-24-17)23-13-20(9-10-20)16-5-3-2-4-6-16;/h2-8,11H,9-10,12-14H2,1H3,(H2,21,22,23);1H. The van der Waals surface area contributed by atoms with Gasteiger partial charge >= 0.3 is 0 Å². The molecule has 1 heterocycles. The van der Waals surface area contributed by atoms with E-state index in [0.29, 0.717) is 13.3 Å². The Morgan fingerprint density at radius 3 is 2.54 bits per heavy atom. The Labute approximate surface area is 171 Å². The molecule has 1 aliphatic carbocycles. The zero-order chi connectivity index (χ0) is 17.1. The SMILES string of the molecule is CN=C(NCc1ccc2c(c1)OCO2)NCC1(c2ccccc2)CC1.I. The van der Waals surface area contributed by atoms with Gasteiger partial charge in [0.15, 0.2) is 17.5 Å². The minimum atomic E-state index is 0. The molecule has 2 aromatic carbocycles. The predicted molar refractivity (Wildman–Crippen MR) is 114 cm³/mol. The lowest BCUT2D eigenvalue weighted by atomic mass is 9.96. The highest BCUT2D eigenvalue weighted by atomic mass is 127. The maximum atomic E-state index is 5.43. The third kappa shape index (κ3) is 4.06. The summed E-state index contributed by atoms with van der Waals surface area (Å²) < 4.78 is 10.8. The number of guanidine groups is 1. The van der Waals surface area contributed by atoms with Crippen molar-refractivity contribution in [2.24, 2.45) is 4.99 Å². The zero-order valence-electron chi connectivity index (χ0n) is 14.8. The van der Waals surface area contributed by atoms with Crippen LogP contribution in [-0.4, -0.2) is 26.3 Å². The van der Waals surface area contributed by atoms with E-state index in [4.69, 9.17) is 9.47 Å². The molecule has 2 aliphatic rings. The number of halogens is 1. The van der Waals surface area contributed by atoms with Crippen molar-refractivity contribution in [3.05, 3.63) is 59.7 Å². The number of nitrogens with one attached hydrogen (secondary N) is 2. The van der Waals surface area contributed by atoms with Gasteiger partial charge in [-0.1, -0.05) is 36.4 Å². The summed E-state index contributed by atoms with van der Waals surface area (Å²) in [4.78, 5) is 4.34. The summed E-state index contributed by atoms with van der Waals surface area (Å²) >= 11 is 0. The van der Waals surface area contributed by atoms with Gasteiger partial charge in [-0.25, -0.2) is 0 Å². The molecule has 1 aliphatic heterocycles. The first kappa shape index (κ1) is 18.8. The minimum Gasteiger partial charge on any atom is -0.454 e. The Morgan fingerprint density at radius 2 is 1.81 bits per heavy atom. The average molecular weight is 465 g/mol. The van der Waals surface area contributed by atoms with Crippen LogP contribution in [0, 0.1) is 0 Å². The molecule has 4 rings (SSSR count). The second-order valence-corrected chi connectivity index (χ2v) is 6.61. The van der Waals surface area contributed by atoms with Crippen LogP contribution in [0.1, 0.15) is 24.0 Å². The summed E-state index contributed by atoms with van der Waals surface area (Å²) in [7, 11) is 1.80. The predicted octanol–water partition coefficient (Wildman–Crippen LogP) is 3.43.